The highest BCUT2D eigenvalue weighted by molar-refractivity contribution is 6.00. The minimum Gasteiger partial charge on any atom is -0.390 e. The maximum atomic E-state index is 14.0. The number of halogens is 2. The van der Waals surface area contributed by atoms with Crippen molar-refractivity contribution in [1.29, 1.82) is 0 Å². The molecule has 0 aliphatic carbocycles. The molecule has 4 rings (SSSR count). The summed E-state index contributed by atoms with van der Waals surface area (Å²) in [5, 5.41) is 17.3. The standard InChI is InChI=1S/C34H41F2N3O3/c1-4-23-8-6-9-24(14-23)20-37-21-32(40)31(17-25-15-28(35)19-29(36)16-25)38-33(41)26-12-22(3)13-27(18-26)34(42)39-11-7-10-30(39)5-2/h6,8-9,12-16,18-19,30-32,37,40H,4-5,7,10-11,17,20-21H2,1-3H3,(H,38,41)/t30-,31-,32-/m0/s1. The van der Waals surface area contributed by atoms with Crippen LogP contribution < -0.4 is 10.6 Å². The van der Waals surface area contributed by atoms with Crippen LogP contribution in [0.15, 0.2) is 60.7 Å². The lowest BCUT2D eigenvalue weighted by molar-refractivity contribution is 0.0733. The van der Waals surface area contributed by atoms with Gasteiger partial charge in [-0.15, -0.1) is 0 Å². The molecule has 3 N–H and O–H groups in total. The van der Waals surface area contributed by atoms with Gasteiger partial charge < -0.3 is 20.6 Å². The van der Waals surface area contributed by atoms with Gasteiger partial charge in [-0.1, -0.05) is 38.1 Å². The molecule has 0 aromatic heterocycles. The predicted molar refractivity (Wildman–Crippen MR) is 160 cm³/mol. The van der Waals surface area contributed by atoms with Gasteiger partial charge in [0, 0.05) is 42.9 Å². The number of carbonyl (C=O) groups is 2. The largest absolute Gasteiger partial charge is 0.390 e. The Balaban J connectivity index is 1.51. The first-order chi connectivity index (χ1) is 20.2. The highest BCUT2D eigenvalue weighted by Crippen LogP contribution is 2.23. The van der Waals surface area contributed by atoms with Crippen molar-refractivity contribution in [2.24, 2.45) is 0 Å². The lowest BCUT2D eigenvalue weighted by atomic mass is 9.99. The second-order valence-electron chi connectivity index (χ2n) is 11.2. The monoisotopic (exact) mass is 577 g/mol. The van der Waals surface area contributed by atoms with E-state index in [-0.39, 0.29) is 30.5 Å². The second kappa shape index (κ2) is 14.5. The third-order valence-corrected chi connectivity index (χ3v) is 7.94. The van der Waals surface area contributed by atoms with Gasteiger partial charge in [-0.05, 0) is 91.6 Å². The van der Waals surface area contributed by atoms with Crippen LogP contribution in [-0.4, -0.2) is 53.1 Å². The molecule has 224 valence electrons. The Kier molecular flexibility index (Phi) is 10.8. The summed E-state index contributed by atoms with van der Waals surface area (Å²) in [4.78, 5) is 28.7. The third-order valence-electron chi connectivity index (χ3n) is 7.94. The van der Waals surface area contributed by atoms with E-state index in [0.717, 1.165) is 42.9 Å². The lowest BCUT2D eigenvalue weighted by Gasteiger charge is -2.26. The van der Waals surface area contributed by atoms with Crippen LogP contribution in [-0.2, 0) is 19.4 Å². The van der Waals surface area contributed by atoms with Gasteiger partial charge in [0.1, 0.15) is 11.6 Å². The molecule has 1 aliphatic rings. The van der Waals surface area contributed by atoms with Gasteiger partial charge in [0.25, 0.3) is 11.8 Å². The molecule has 0 spiro atoms. The molecule has 0 saturated carbocycles. The van der Waals surface area contributed by atoms with Gasteiger partial charge in [0.05, 0.1) is 12.1 Å². The minimum absolute atomic E-state index is 0.0121. The van der Waals surface area contributed by atoms with Crippen LogP contribution in [0.3, 0.4) is 0 Å². The molecule has 1 heterocycles. The Bertz CT molecular complexity index is 1380. The number of likely N-dealkylation sites (tertiary alicyclic amines) is 1. The average molecular weight is 578 g/mol. The maximum Gasteiger partial charge on any atom is 0.254 e. The maximum absolute atomic E-state index is 14.0. The topological polar surface area (TPSA) is 81.7 Å². The highest BCUT2D eigenvalue weighted by atomic mass is 19.1. The number of hydrogen-bond donors (Lipinski definition) is 3. The van der Waals surface area contributed by atoms with Crippen LogP contribution >= 0.6 is 0 Å². The van der Waals surface area contributed by atoms with Crippen molar-refractivity contribution in [3.63, 3.8) is 0 Å². The summed E-state index contributed by atoms with van der Waals surface area (Å²) < 4.78 is 27.9. The molecule has 3 atom stereocenters. The number of aliphatic hydroxyl groups excluding tert-OH is 1. The number of nitrogens with one attached hydrogen (secondary N) is 2. The molecular formula is C34H41F2N3O3. The molecule has 1 fully saturated rings. The number of nitrogens with zero attached hydrogens (tertiary/aromatic N) is 1. The summed E-state index contributed by atoms with van der Waals surface area (Å²) in [6.07, 6.45) is 2.68. The Hall–Kier alpha value is -3.62. The molecule has 0 radical (unpaired) electrons. The molecule has 2 amide bonds. The molecule has 8 heteroatoms. The number of hydrogen-bond acceptors (Lipinski definition) is 4. The van der Waals surface area contributed by atoms with Crippen molar-refractivity contribution >= 4 is 11.8 Å². The van der Waals surface area contributed by atoms with Gasteiger partial charge in [0.2, 0.25) is 0 Å². The SMILES string of the molecule is CCc1cccc(CNC[C@H](O)[C@H](Cc2cc(F)cc(F)c2)NC(=O)c2cc(C)cc(C(=O)N3CCC[C@@H]3CC)c2)c1. The number of amides is 2. The zero-order chi connectivity index (χ0) is 30.2. The fourth-order valence-electron chi connectivity index (χ4n) is 5.71. The molecule has 0 unspecified atom stereocenters. The third kappa shape index (κ3) is 8.23. The fourth-order valence-corrected chi connectivity index (χ4v) is 5.71. The Morgan fingerprint density at radius 1 is 0.976 bits per heavy atom. The first-order valence-electron chi connectivity index (χ1n) is 14.8. The number of aryl methyl sites for hydroxylation is 2. The number of rotatable bonds is 12. The van der Waals surface area contributed by atoms with E-state index in [1.54, 1.807) is 18.2 Å². The van der Waals surface area contributed by atoms with E-state index in [2.05, 4.69) is 36.6 Å². The van der Waals surface area contributed by atoms with Gasteiger partial charge in [-0.3, -0.25) is 9.59 Å². The van der Waals surface area contributed by atoms with E-state index in [0.29, 0.717) is 24.2 Å². The zero-order valence-corrected chi connectivity index (χ0v) is 24.6. The number of aliphatic hydroxyl groups is 1. The Morgan fingerprint density at radius 2 is 1.69 bits per heavy atom. The van der Waals surface area contributed by atoms with Crippen LogP contribution in [0.4, 0.5) is 8.78 Å². The molecule has 42 heavy (non-hydrogen) atoms. The van der Waals surface area contributed by atoms with Crippen molar-refractivity contribution in [2.75, 3.05) is 13.1 Å². The summed E-state index contributed by atoms with van der Waals surface area (Å²) in [5.41, 5.74) is 4.08. The number of carbonyl (C=O) groups excluding carboxylic acids is 2. The quantitative estimate of drug-likeness (QED) is 0.271. The summed E-state index contributed by atoms with van der Waals surface area (Å²) >= 11 is 0. The predicted octanol–water partition coefficient (Wildman–Crippen LogP) is 5.34. The van der Waals surface area contributed by atoms with E-state index in [1.807, 2.05) is 24.0 Å². The van der Waals surface area contributed by atoms with Gasteiger partial charge in [0.15, 0.2) is 0 Å². The summed E-state index contributed by atoms with van der Waals surface area (Å²) in [7, 11) is 0. The van der Waals surface area contributed by atoms with Gasteiger partial charge in [-0.2, -0.15) is 0 Å². The Morgan fingerprint density at radius 3 is 2.40 bits per heavy atom. The molecule has 3 aromatic rings. The first-order valence-corrected chi connectivity index (χ1v) is 14.8. The van der Waals surface area contributed by atoms with Gasteiger partial charge >= 0.3 is 0 Å². The Labute approximate surface area is 247 Å². The smallest absolute Gasteiger partial charge is 0.254 e. The highest BCUT2D eigenvalue weighted by Gasteiger charge is 2.29. The average Bonchev–Trinajstić information content (AvgIpc) is 3.44. The fraction of sp³-hybridized carbons (Fsp3) is 0.412. The van der Waals surface area contributed by atoms with E-state index >= 15 is 0 Å². The van der Waals surface area contributed by atoms with Crippen molar-refractivity contribution in [3.8, 4) is 0 Å². The summed E-state index contributed by atoms with van der Waals surface area (Å²) in [5.74, 6) is -2.03. The molecule has 3 aromatic carbocycles. The van der Waals surface area contributed by atoms with Crippen LogP contribution in [0.1, 0.15) is 76.1 Å². The lowest BCUT2D eigenvalue weighted by Crippen LogP contribution is -2.48. The normalized spacial score (nSPS) is 16.3. The summed E-state index contributed by atoms with van der Waals surface area (Å²) in [6.45, 7) is 7.33. The van der Waals surface area contributed by atoms with Gasteiger partial charge in [-0.25, -0.2) is 8.78 Å². The molecular weight excluding hydrogens is 536 g/mol. The van der Waals surface area contributed by atoms with Crippen molar-refractivity contribution in [3.05, 3.63) is 106 Å². The number of benzene rings is 3. The summed E-state index contributed by atoms with van der Waals surface area (Å²) in [6, 6.07) is 15.7. The molecule has 1 saturated heterocycles. The molecule has 6 nitrogen and oxygen atoms in total. The second-order valence-corrected chi connectivity index (χ2v) is 11.2. The van der Waals surface area contributed by atoms with Crippen LogP contribution in [0.25, 0.3) is 0 Å². The first kappa shape index (κ1) is 31.3. The van der Waals surface area contributed by atoms with E-state index < -0.39 is 29.7 Å². The molecule has 0 bridgehead atoms. The minimum atomic E-state index is -1.06. The van der Waals surface area contributed by atoms with Crippen LogP contribution in [0, 0.1) is 18.6 Å². The van der Waals surface area contributed by atoms with E-state index in [4.69, 9.17) is 0 Å². The van der Waals surface area contributed by atoms with E-state index in [1.165, 1.54) is 17.7 Å². The van der Waals surface area contributed by atoms with Crippen molar-refractivity contribution in [1.82, 2.24) is 15.5 Å². The van der Waals surface area contributed by atoms with Crippen molar-refractivity contribution < 1.29 is 23.5 Å². The van der Waals surface area contributed by atoms with Crippen LogP contribution in [0.2, 0.25) is 0 Å². The van der Waals surface area contributed by atoms with Crippen LogP contribution in [0.5, 0.6) is 0 Å². The zero-order valence-electron chi connectivity index (χ0n) is 24.6. The van der Waals surface area contributed by atoms with Crippen molar-refractivity contribution in [2.45, 2.75) is 77.6 Å². The molecule has 1 aliphatic heterocycles. The van der Waals surface area contributed by atoms with E-state index in [9.17, 15) is 23.5 Å².